The van der Waals surface area contributed by atoms with Crippen molar-refractivity contribution in [2.45, 2.75) is 32.2 Å². The van der Waals surface area contributed by atoms with E-state index in [-0.39, 0.29) is 17.7 Å². The Morgan fingerprint density at radius 1 is 1.26 bits per heavy atom. The Hall–Kier alpha value is -2.63. The number of hydrogen-bond acceptors (Lipinski definition) is 5. The number of aromatic hydroxyl groups is 1. The zero-order valence-corrected chi connectivity index (χ0v) is 13.0. The molecule has 2 aromatic rings. The second-order valence-electron chi connectivity index (χ2n) is 5.72. The molecule has 6 heteroatoms. The van der Waals surface area contributed by atoms with Crippen LogP contribution < -0.4 is 10.6 Å². The number of carbonyl (C=O) groups is 1. The van der Waals surface area contributed by atoms with Crippen LogP contribution in [-0.2, 0) is 4.79 Å². The molecule has 1 aliphatic heterocycles. The number of benzene rings is 1. The van der Waals surface area contributed by atoms with Gasteiger partial charge in [-0.3, -0.25) is 4.79 Å². The molecule has 1 aromatic heterocycles. The van der Waals surface area contributed by atoms with Gasteiger partial charge in [0, 0.05) is 18.3 Å². The van der Waals surface area contributed by atoms with Gasteiger partial charge in [-0.05, 0) is 38.3 Å². The van der Waals surface area contributed by atoms with E-state index in [0.29, 0.717) is 17.2 Å². The summed E-state index contributed by atoms with van der Waals surface area (Å²) in [5, 5.41) is 16.1. The third-order valence-electron chi connectivity index (χ3n) is 3.86. The van der Waals surface area contributed by atoms with Crippen LogP contribution in [0.5, 0.6) is 5.75 Å². The summed E-state index contributed by atoms with van der Waals surface area (Å²) >= 11 is 0. The average Bonchev–Trinajstić information content (AvgIpc) is 2.72. The fraction of sp³-hybridized carbons (Fsp3) is 0.353. The summed E-state index contributed by atoms with van der Waals surface area (Å²) in [6.07, 6.45) is 2.77. The van der Waals surface area contributed by atoms with Gasteiger partial charge in [-0.2, -0.15) is 0 Å². The first kappa shape index (κ1) is 15.3. The highest BCUT2D eigenvalue weighted by atomic mass is 16.3. The molecule has 1 saturated heterocycles. The fourth-order valence-electron chi connectivity index (χ4n) is 2.68. The molecule has 1 fully saturated rings. The van der Waals surface area contributed by atoms with Gasteiger partial charge < -0.3 is 15.7 Å². The van der Waals surface area contributed by atoms with E-state index in [4.69, 9.17) is 0 Å². The lowest BCUT2D eigenvalue weighted by molar-refractivity contribution is -0.121. The number of nitrogens with zero attached hydrogens (tertiary/aromatic N) is 2. The van der Waals surface area contributed by atoms with Gasteiger partial charge in [0.2, 0.25) is 5.91 Å². The highest BCUT2D eigenvalue weighted by Crippen LogP contribution is 2.27. The molecule has 2 heterocycles. The first-order chi connectivity index (χ1) is 11.1. The molecule has 23 heavy (non-hydrogen) atoms. The second kappa shape index (κ2) is 6.64. The van der Waals surface area contributed by atoms with Crippen molar-refractivity contribution in [1.29, 1.82) is 0 Å². The van der Waals surface area contributed by atoms with Crippen LogP contribution in [0.3, 0.4) is 0 Å². The normalized spacial score (nSPS) is 18.1. The van der Waals surface area contributed by atoms with Crippen LogP contribution in [0.25, 0.3) is 11.4 Å². The van der Waals surface area contributed by atoms with Gasteiger partial charge in [0.1, 0.15) is 17.6 Å². The van der Waals surface area contributed by atoms with E-state index in [1.54, 1.807) is 18.2 Å². The number of phenolic OH excluding ortho intramolecular Hbond substituents is 1. The lowest BCUT2D eigenvalue weighted by atomic mass is 10.1. The molecule has 0 saturated carbocycles. The Balaban J connectivity index is 1.89. The smallest absolute Gasteiger partial charge is 0.242 e. The van der Waals surface area contributed by atoms with Crippen molar-refractivity contribution >= 4 is 11.7 Å². The first-order valence-electron chi connectivity index (χ1n) is 7.82. The SMILES string of the molecule is Cc1cc(N[C@H]2CCCCNC2=O)nc(-c2ccccc2O)n1. The molecule has 120 valence electrons. The number of anilines is 1. The minimum atomic E-state index is -0.288. The van der Waals surface area contributed by atoms with E-state index < -0.39 is 0 Å². The van der Waals surface area contributed by atoms with Crippen LogP contribution in [0.15, 0.2) is 30.3 Å². The molecule has 3 N–H and O–H groups in total. The number of para-hydroxylation sites is 1. The Kier molecular flexibility index (Phi) is 4.41. The molecule has 0 radical (unpaired) electrons. The first-order valence-corrected chi connectivity index (χ1v) is 7.82. The summed E-state index contributed by atoms with van der Waals surface area (Å²) in [5.41, 5.74) is 1.35. The number of aromatic nitrogens is 2. The van der Waals surface area contributed by atoms with Gasteiger partial charge in [-0.25, -0.2) is 9.97 Å². The van der Waals surface area contributed by atoms with E-state index in [0.717, 1.165) is 31.5 Å². The number of hydrogen-bond donors (Lipinski definition) is 3. The van der Waals surface area contributed by atoms with Gasteiger partial charge in [0.15, 0.2) is 5.82 Å². The molecular formula is C17H20N4O2. The largest absolute Gasteiger partial charge is 0.507 e. The Labute approximate surface area is 135 Å². The zero-order chi connectivity index (χ0) is 16.2. The molecular weight excluding hydrogens is 292 g/mol. The molecule has 0 bridgehead atoms. The predicted octanol–water partition coefficient (Wildman–Crippen LogP) is 2.24. The number of nitrogens with one attached hydrogen (secondary N) is 2. The Morgan fingerprint density at radius 2 is 2.09 bits per heavy atom. The van der Waals surface area contributed by atoms with Crippen molar-refractivity contribution in [2.75, 3.05) is 11.9 Å². The van der Waals surface area contributed by atoms with E-state index in [1.807, 2.05) is 19.1 Å². The molecule has 0 unspecified atom stereocenters. The lowest BCUT2D eigenvalue weighted by Crippen LogP contribution is -2.38. The maximum absolute atomic E-state index is 12.1. The van der Waals surface area contributed by atoms with Crippen molar-refractivity contribution in [2.24, 2.45) is 0 Å². The summed E-state index contributed by atoms with van der Waals surface area (Å²) in [5.74, 6) is 1.18. The number of amides is 1. The van der Waals surface area contributed by atoms with Crippen LogP contribution in [0.2, 0.25) is 0 Å². The molecule has 0 spiro atoms. The highest BCUT2D eigenvalue weighted by Gasteiger charge is 2.21. The van der Waals surface area contributed by atoms with Crippen molar-refractivity contribution < 1.29 is 9.90 Å². The summed E-state index contributed by atoms with van der Waals surface area (Å²) in [6, 6.07) is 8.47. The average molecular weight is 312 g/mol. The summed E-state index contributed by atoms with van der Waals surface area (Å²) in [4.78, 5) is 20.9. The van der Waals surface area contributed by atoms with Crippen LogP contribution in [-0.4, -0.2) is 33.6 Å². The van der Waals surface area contributed by atoms with Gasteiger partial charge in [-0.1, -0.05) is 12.1 Å². The minimum Gasteiger partial charge on any atom is -0.507 e. The van der Waals surface area contributed by atoms with Crippen LogP contribution in [0.4, 0.5) is 5.82 Å². The Bertz CT molecular complexity index is 717. The van der Waals surface area contributed by atoms with Crippen LogP contribution >= 0.6 is 0 Å². The number of rotatable bonds is 3. The summed E-state index contributed by atoms with van der Waals surface area (Å²) < 4.78 is 0. The zero-order valence-electron chi connectivity index (χ0n) is 13.0. The van der Waals surface area contributed by atoms with Crippen molar-refractivity contribution in [3.05, 3.63) is 36.0 Å². The van der Waals surface area contributed by atoms with Crippen molar-refractivity contribution in [1.82, 2.24) is 15.3 Å². The lowest BCUT2D eigenvalue weighted by Gasteiger charge is -2.16. The van der Waals surface area contributed by atoms with E-state index in [1.165, 1.54) is 0 Å². The van der Waals surface area contributed by atoms with Crippen molar-refractivity contribution in [3.63, 3.8) is 0 Å². The topological polar surface area (TPSA) is 87.1 Å². The highest BCUT2D eigenvalue weighted by molar-refractivity contribution is 5.84. The van der Waals surface area contributed by atoms with Gasteiger partial charge >= 0.3 is 0 Å². The van der Waals surface area contributed by atoms with Gasteiger partial charge in [-0.15, -0.1) is 0 Å². The summed E-state index contributed by atoms with van der Waals surface area (Å²) in [6.45, 7) is 2.59. The maximum Gasteiger partial charge on any atom is 0.242 e. The third kappa shape index (κ3) is 3.59. The van der Waals surface area contributed by atoms with Crippen LogP contribution in [0.1, 0.15) is 25.0 Å². The molecule has 1 aliphatic rings. The van der Waals surface area contributed by atoms with E-state index >= 15 is 0 Å². The molecule has 0 aliphatic carbocycles. The molecule has 1 aromatic carbocycles. The third-order valence-corrected chi connectivity index (χ3v) is 3.86. The maximum atomic E-state index is 12.1. The molecule has 1 atom stereocenters. The van der Waals surface area contributed by atoms with E-state index in [9.17, 15) is 9.90 Å². The fourth-order valence-corrected chi connectivity index (χ4v) is 2.68. The number of aryl methyl sites for hydroxylation is 1. The standard InChI is InChI=1S/C17H20N4O2/c1-11-10-15(20-13-7-4-5-9-18-17(13)23)21-16(19-11)12-6-2-3-8-14(12)22/h2-3,6,8,10,13,22H,4-5,7,9H2,1H3,(H,18,23)(H,19,20,21)/t13-/m0/s1. The van der Waals surface area contributed by atoms with E-state index in [2.05, 4.69) is 20.6 Å². The predicted molar refractivity (Wildman–Crippen MR) is 88.1 cm³/mol. The quantitative estimate of drug-likeness (QED) is 0.809. The number of carbonyl (C=O) groups excluding carboxylic acids is 1. The van der Waals surface area contributed by atoms with Crippen molar-refractivity contribution in [3.8, 4) is 17.1 Å². The summed E-state index contributed by atoms with van der Waals surface area (Å²) in [7, 11) is 0. The second-order valence-corrected chi connectivity index (χ2v) is 5.72. The van der Waals surface area contributed by atoms with Gasteiger partial charge in [0.25, 0.3) is 0 Å². The molecule has 1 amide bonds. The Morgan fingerprint density at radius 3 is 2.91 bits per heavy atom. The molecule has 6 nitrogen and oxygen atoms in total. The molecule has 3 rings (SSSR count). The monoisotopic (exact) mass is 312 g/mol. The van der Waals surface area contributed by atoms with Gasteiger partial charge in [0.05, 0.1) is 5.56 Å². The van der Waals surface area contributed by atoms with Crippen LogP contribution in [0, 0.1) is 6.92 Å². The minimum absolute atomic E-state index is 0.00266. The number of phenols is 1.